The average Bonchev–Trinajstić information content (AvgIpc) is 3.50. The summed E-state index contributed by atoms with van der Waals surface area (Å²) in [5.41, 5.74) is 4.06. The lowest BCUT2D eigenvalue weighted by molar-refractivity contribution is 0.669. The van der Waals surface area contributed by atoms with Gasteiger partial charge in [0, 0.05) is 22.7 Å². The first-order valence-corrected chi connectivity index (χ1v) is 15.6. The molecule has 0 N–H and O–H groups in total. The summed E-state index contributed by atoms with van der Waals surface area (Å²) in [7, 11) is 0. The fourth-order valence-electron chi connectivity index (χ4n) is 6.88. The molecule has 10 rings (SSSR count). The van der Waals surface area contributed by atoms with E-state index >= 15 is 0 Å². The molecule has 7 aromatic carbocycles. The van der Waals surface area contributed by atoms with Crippen LogP contribution in [0.1, 0.15) is 0 Å². The molecule has 0 saturated carbocycles. The van der Waals surface area contributed by atoms with Crippen LogP contribution >= 0.6 is 0 Å². The Labute approximate surface area is 268 Å². The Kier molecular flexibility index (Phi) is 5.51. The van der Waals surface area contributed by atoms with Crippen LogP contribution in [0.15, 0.2) is 150 Å². The number of aromatic nitrogens is 4. The summed E-state index contributed by atoms with van der Waals surface area (Å²) in [6, 6.07) is 48.3. The van der Waals surface area contributed by atoms with E-state index < -0.39 is 0 Å². The number of fused-ring (bicyclic) bond motifs is 8. The molecule has 5 nitrogen and oxygen atoms in total. The molecule has 218 valence electrons. The quantitative estimate of drug-likeness (QED) is 0.189. The van der Waals surface area contributed by atoms with Gasteiger partial charge in [-0.1, -0.05) is 109 Å². The predicted octanol–water partition coefficient (Wildman–Crippen LogP) is 10.8. The maximum Gasteiger partial charge on any atom is 0.183 e. The third-order valence-electron chi connectivity index (χ3n) is 9.11. The number of pyridine rings is 1. The third kappa shape index (κ3) is 4.10. The van der Waals surface area contributed by atoms with Gasteiger partial charge in [0.05, 0.1) is 5.39 Å². The summed E-state index contributed by atoms with van der Waals surface area (Å²) in [5, 5.41) is 11.0. The highest BCUT2D eigenvalue weighted by Crippen LogP contribution is 2.39. The van der Waals surface area contributed by atoms with Crippen molar-refractivity contribution in [2.45, 2.75) is 0 Å². The zero-order chi connectivity index (χ0) is 30.9. The minimum atomic E-state index is 0.497. The first-order chi connectivity index (χ1) is 23.3. The van der Waals surface area contributed by atoms with Crippen molar-refractivity contribution in [3.63, 3.8) is 0 Å². The van der Waals surface area contributed by atoms with Crippen molar-refractivity contribution in [1.82, 2.24) is 19.9 Å². The van der Waals surface area contributed by atoms with E-state index in [4.69, 9.17) is 24.4 Å². The molecule has 0 bridgehead atoms. The minimum Gasteiger partial charge on any atom is -0.456 e. The maximum absolute atomic E-state index is 6.40. The second-order valence-electron chi connectivity index (χ2n) is 11.9. The largest absolute Gasteiger partial charge is 0.456 e. The Hall–Kier alpha value is -6.46. The molecule has 3 heterocycles. The smallest absolute Gasteiger partial charge is 0.183 e. The van der Waals surface area contributed by atoms with Gasteiger partial charge in [-0.05, 0) is 73.4 Å². The Balaban J connectivity index is 1.29. The van der Waals surface area contributed by atoms with Crippen LogP contribution < -0.4 is 0 Å². The SMILES string of the molecule is c1ccc2cc(-c3nc(-c4cc5ccccc5c5ccccc45)nc(-c4nccc5oc6cc7ccccc7cc6c45)n3)ccc2c1. The van der Waals surface area contributed by atoms with E-state index in [9.17, 15) is 0 Å². The molecule has 0 unspecified atom stereocenters. The van der Waals surface area contributed by atoms with Gasteiger partial charge >= 0.3 is 0 Å². The zero-order valence-corrected chi connectivity index (χ0v) is 25.1. The standard InChI is InChI=1S/C42H24N4O/c1-2-10-26-21-30(18-17-25(26)9-1)40-44-41(34-23-29-13-5-6-14-31(29)32-15-7-8-16-33(32)34)46-42(45-40)39-38-35-22-27-11-3-4-12-28(27)24-37(35)47-36(38)19-20-43-39/h1-24H. The van der Waals surface area contributed by atoms with E-state index in [2.05, 4.69) is 127 Å². The monoisotopic (exact) mass is 600 g/mol. The van der Waals surface area contributed by atoms with Gasteiger partial charge in [-0.15, -0.1) is 0 Å². The summed E-state index contributed by atoms with van der Waals surface area (Å²) in [6.07, 6.45) is 1.77. The van der Waals surface area contributed by atoms with E-state index in [1.165, 1.54) is 5.39 Å². The number of hydrogen-bond acceptors (Lipinski definition) is 5. The molecule has 0 fully saturated rings. The van der Waals surface area contributed by atoms with Crippen LogP contribution in [0.4, 0.5) is 0 Å². The van der Waals surface area contributed by atoms with Crippen molar-refractivity contribution in [1.29, 1.82) is 0 Å². The molecule has 0 aliphatic rings. The summed E-state index contributed by atoms with van der Waals surface area (Å²) in [6.45, 7) is 0. The van der Waals surface area contributed by atoms with Crippen LogP contribution in [0.3, 0.4) is 0 Å². The fourth-order valence-corrected chi connectivity index (χ4v) is 6.88. The van der Waals surface area contributed by atoms with Crippen LogP contribution in [0, 0.1) is 0 Å². The number of benzene rings is 7. The maximum atomic E-state index is 6.40. The molecule has 10 aromatic rings. The van der Waals surface area contributed by atoms with Crippen LogP contribution in [-0.2, 0) is 0 Å². The molecule has 0 amide bonds. The molecular formula is C42H24N4O. The van der Waals surface area contributed by atoms with Crippen molar-refractivity contribution in [2.75, 3.05) is 0 Å². The highest BCUT2D eigenvalue weighted by Gasteiger charge is 2.21. The lowest BCUT2D eigenvalue weighted by atomic mass is 9.97. The van der Waals surface area contributed by atoms with E-state index in [0.717, 1.165) is 70.8 Å². The van der Waals surface area contributed by atoms with Gasteiger partial charge < -0.3 is 4.42 Å². The Bertz CT molecular complexity index is 2870. The van der Waals surface area contributed by atoms with Crippen LogP contribution in [-0.4, -0.2) is 19.9 Å². The van der Waals surface area contributed by atoms with Gasteiger partial charge in [0.25, 0.3) is 0 Å². The first kappa shape index (κ1) is 25.8. The highest BCUT2D eigenvalue weighted by molar-refractivity contribution is 6.15. The topological polar surface area (TPSA) is 64.7 Å². The van der Waals surface area contributed by atoms with Crippen molar-refractivity contribution >= 4 is 65.0 Å². The van der Waals surface area contributed by atoms with Crippen LogP contribution in [0.5, 0.6) is 0 Å². The summed E-state index contributed by atoms with van der Waals surface area (Å²) >= 11 is 0. The highest BCUT2D eigenvalue weighted by atomic mass is 16.3. The van der Waals surface area contributed by atoms with E-state index in [0.29, 0.717) is 23.2 Å². The van der Waals surface area contributed by atoms with E-state index in [1.807, 2.05) is 12.1 Å². The minimum absolute atomic E-state index is 0.497. The summed E-state index contributed by atoms with van der Waals surface area (Å²) in [5.74, 6) is 1.68. The second-order valence-corrected chi connectivity index (χ2v) is 11.9. The van der Waals surface area contributed by atoms with Gasteiger partial charge in [0.2, 0.25) is 0 Å². The predicted molar refractivity (Wildman–Crippen MR) is 191 cm³/mol. The lowest BCUT2D eigenvalue weighted by Crippen LogP contribution is -2.02. The fraction of sp³-hybridized carbons (Fsp3) is 0. The van der Waals surface area contributed by atoms with Crippen molar-refractivity contribution in [3.8, 4) is 34.3 Å². The van der Waals surface area contributed by atoms with Crippen molar-refractivity contribution in [2.24, 2.45) is 0 Å². The van der Waals surface area contributed by atoms with Crippen LogP contribution in [0.25, 0.3) is 99.3 Å². The van der Waals surface area contributed by atoms with Gasteiger partial charge in [0.1, 0.15) is 16.9 Å². The number of furan rings is 1. The zero-order valence-electron chi connectivity index (χ0n) is 25.1. The number of hydrogen-bond donors (Lipinski definition) is 0. The Morgan fingerprint density at radius 2 is 1.04 bits per heavy atom. The summed E-state index contributed by atoms with van der Waals surface area (Å²) in [4.78, 5) is 20.4. The van der Waals surface area contributed by atoms with Gasteiger partial charge in [-0.3, -0.25) is 4.98 Å². The second kappa shape index (κ2) is 10.0. The molecular weight excluding hydrogens is 576 g/mol. The molecule has 0 aliphatic carbocycles. The number of rotatable bonds is 3. The average molecular weight is 601 g/mol. The normalized spacial score (nSPS) is 11.8. The van der Waals surface area contributed by atoms with Crippen molar-refractivity contribution in [3.05, 3.63) is 146 Å². The molecule has 5 heteroatoms. The summed E-state index contributed by atoms with van der Waals surface area (Å²) < 4.78 is 6.40. The molecule has 0 saturated heterocycles. The van der Waals surface area contributed by atoms with Gasteiger partial charge in [-0.25, -0.2) is 15.0 Å². The Morgan fingerprint density at radius 1 is 0.404 bits per heavy atom. The molecule has 0 atom stereocenters. The molecule has 47 heavy (non-hydrogen) atoms. The van der Waals surface area contributed by atoms with Crippen LogP contribution in [0.2, 0.25) is 0 Å². The van der Waals surface area contributed by atoms with E-state index in [-0.39, 0.29) is 0 Å². The van der Waals surface area contributed by atoms with E-state index in [1.54, 1.807) is 6.20 Å². The third-order valence-corrected chi connectivity index (χ3v) is 9.11. The lowest BCUT2D eigenvalue weighted by Gasteiger charge is -2.12. The van der Waals surface area contributed by atoms with Gasteiger partial charge in [0.15, 0.2) is 17.5 Å². The molecule has 3 aromatic heterocycles. The van der Waals surface area contributed by atoms with Gasteiger partial charge in [-0.2, -0.15) is 0 Å². The number of nitrogens with zero attached hydrogens (tertiary/aromatic N) is 4. The Morgan fingerprint density at radius 3 is 1.87 bits per heavy atom. The first-order valence-electron chi connectivity index (χ1n) is 15.6. The molecule has 0 aliphatic heterocycles. The van der Waals surface area contributed by atoms with Crippen molar-refractivity contribution < 1.29 is 4.42 Å². The molecule has 0 radical (unpaired) electrons. The molecule has 0 spiro atoms.